The fourth-order valence-electron chi connectivity index (χ4n) is 3.50. The monoisotopic (exact) mass is 292 g/mol. The van der Waals surface area contributed by atoms with E-state index in [1.165, 1.54) is 57.6 Å². The molecule has 0 bridgehead atoms. The van der Waals surface area contributed by atoms with Crippen molar-refractivity contribution < 1.29 is 9.13 Å². The van der Waals surface area contributed by atoms with Crippen molar-refractivity contribution in [3.05, 3.63) is 30.1 Å². The summed E-state index contributed by atoms with van der Waals surface area (Å²) in [6, 6.07) is 7.05. The van der Waals surface area contributed by atoms with Crippen LogP contribution in [-0.4, -0.2) is 55.2 Å². The lowest BCUT2D eigenvalue weighted by Gasteiger charge is -2.25. The Morgan fingerprint density at radius 3 is 2.76 bits per heavy atom. The molecule has 21 heavy (non-hydrogen) atoms. The molecule has 2 aliphatic heterocycles. The molecular weight excluding hydrogens is 267 g/mol. The molecule has 0 aromatic heterocycles. The van der Waals surface area contributed by atoms with E-state index in [0.717, 1.165) is 24.8 Å². The third-order valence-corrected chi connectivity index (χ3v) is 4.59. The smallest absolute Gasteiger partial charge is 0.123 e. The summed E-state index contributed by atoms with van der Waals surface area (Å²) in [6.45, 7) is 6.81. The first-order valence-electron chi connectivity index (χ1n) is 8.16. The number of rotatable bonds is 5. The zero-order chi connectivity index (χ0) is 14.5. The number of halogens is 1. The summed E-state index contributed by atoms with van der Waals surface area (Å²) in [6.07, 6.45) is 5.05. The molecule has 0 saturated carbocycles. The third-order valence-electron chi connectivity index (χ3n) is 4.59. The average molecular weight is 292 g/mol. The first-order valence-corrected chi connectivity index (χ1v) is 8.16. The summed E-state index contributed by atoms with van der Waals surface area (Å²) in [4.78, 5) is 5.25. The van der Waals surface area contributed by atoms with Crippen molar-refractivity contribution in [1.29, 1.82) is 0 Å². The summed E-state index contributed by atoms with van der Waals surface area (Å²) in [7, 11) is 0. The van der Waals surface area contributed by atoms with Crippen molar-refractivity contribution in [3.63, 3.8) is 0 Å². The number of benzene rings is 1. The number of nitrogens with zero attached hydrogens (tertiary/aromatic N) is 2. The molecule has 4 heteroatoms. The van der Waals surface area contributed by atoms with Crippen LogP contribution in [0.3, 0.4) is 0 Å². The van der Waals surface area contributed by atoms with Crippen molar-refractivity contribution in [2.45, 2.75) is 31.7 Å². The van der Waals surface area contributed by atoms with Crippen LogP contribution in [0.4, 0.5) is 4.39 Å². The Hall–Kier alpha value is -1.13. The molecule has 1 aromatic carbocycles. The summed E-state index contributed by atoms with van der Waals surface area (Å²) >= 11 is 0. The normalized spacial score (nSPS) is 23.8. The molecule has 0 amide bonds. The summed E-state index contributed by atoms with van der Waals surface area (Å²) < 4.78 is 18.5. The molecule has 3 rings (SSSR count). The average Bonchev–Trinajstić information content (AvgIpc) is 2.84. The van der Waals surface area contributed by atoms with Crippen LogP contribution in [0, 0.1) is 5.82 Å². The van der Waals surface area contributed by atoms with E-state index < -0.39 is 0 Å². The first-order chi connectivity index (χ1) is 10.3. The van der Waals surface area contributed by atoms with Crippen LogP contribution in [0.5, 0.6) is 5.75 Å². The maximum Gasteiger partial charge on any atom is 0.123 e. The summed E-state index contributed by atoms with van der Waals surface area (Å²) in [5, 5.41) is 0. The molecule has 0 N–H and O–H groups in total. The van der Waals surface area contributed by atoms with Gasteiger partial charge in [0.2, 0.25) is 0 Å². The van der Waals surface area contributed by atoms with Crippen LogP contribution in [0.15, 0.2) is 24.3 Å². The van der Waals surface area contributed by atoms with E-state index >= 15 is 0 Å². The highest BCUT2D eigenvalue weighted by Crippen LogP contribution is 2.21. The van der Waals surface area contributed by atoms with E-state index in [1.54, 1.807) is 12.1 Å². The molecule has 2 aliphatic rings. The van der Waals surface area contributed by atoms with Crippen LogP contribution in [-0.2, 0) is 0 Å². The minimum atomic E-state index is -0.215. The van der Waals surface area contributed by atoms with Crippen molar-refractivity contribution in [1.82, 2.24) is 9.80 Å². The van der Waals surface area contributed by atoms with Gasteiger partial charge in [0.15, 0.2) is 0 Å². The van der Waals surface area contributed by atoms with Crippen LogP contribution >= 0.6 is 0 Å². The van der Waals surface area contributed by atoms with Gasteiger partial charge < -0.3 is 9.64 Å². The molecule has 0 aliphatic carbocycles. The van der Waals surface area contributed by atoms with Gasteiger partial charge in [0.1, 0.15) is 11.6 Å². The molecule has 0 unspecified atom stereocenters. The molecule has 1 atom stereocenters. The Morgan fingerprint density at radius 1 is 1.10 bits per heavy atom. The lowest BCUT2D eigenvalue weighted by atomic mass is 10.2. The predicted octanol–water partition coefficient (Wildman–Crippen LogP) is 2.76. The van der Waals surface area contributed by atoms with Crippen molar-refractivity contribution in [2.75, 3.05) is 39.3 Å². The summed E-state index contributed by atoms with van der Waals surface area (Å²) in [5.41, 5.74) is 0. The van der Waals surface area contributed by atoms with Crippen LogP contribution in [0.2, 0.25) is 0 Å². The third kappa shape index (κ3) is 4.17. The quantitative estimate of drug-likeness (QED) is 0.776. The maximum atomic E-state index is 12.8. The number of hydrogen-bond donors (Lipinski definition) is 0. The second-order valence-corrected chi connectivity index (χ2v) is 6.14. The van der Waals surface area contributed by atoms with E-state index in [1.807, 2.05) is 0 Å². The Kier molecular flexibility index (Phi) is 5.09. The summed E-state index contributed by atoms with van der Waals surface area (Å²) in [5.74, 6) is 0.544. The standard InChI is InChI=1S/C17H25FN2O/c18-15-5-7-17(8-6-15)21-13-3-10-19-9-2-12-20-11-1-4-16(20)14-19/h5-8,16H,1-4,9-14H2/t16-/m1/s1. The van der Waals surface area contributed by atoms with Crippen LogP contribution in [0.25, 0.3) is 0 Å². The van der Waals surface area contributed by atoms with Gasteiger partial charge in [-0.15, -0.1) is 0 Å². The number of ether oxygens (including phenoxy) is 1. The van der Waals surface area contributed by atoms with Gasteiger partial charge in [-0.3, -0.25) is 4.90 Å². The zero-order valence-electron chi connectivity index (χ0n) is 12.6. The fourth-order valence-corrected chi connectivity index (χ4v) is 3.50. The van der Waals surface area contributed by atoms with Crippen molar-refractivity contribution in [2.24, 2.45) is 0 Å². The minimum Gasteiger partial charge on any atom is -0.494 e. The minimum absolute atomic E-state index is 0.215. The van der Waals surface area contributed by atoms with Crippen molar-refractivity contribution >= 4 is 0 Å². The van der Waals surface area contributed by atoms with Gasteiger partial charge in [-0.2, -0.15) is 0 Å². The van der Waals surface area contributed by atoms with Crippen molar-refractivity contribution in [3.8, 4) is 5.75 Å². The van der Waals surface area contributed by atoms with Crippen LogP contribution < -0.4 is 4.74 Å². The number of fused-ring (bicyclic) bond motifs is 1. The molecule has 1 aromatic rings. The molecule has 2 saturated heterocycles. The highest BCUT2D eigenvalue weighted by atomic mass is 19.1. The molecule has 3 nitrogen and oxygen atoms in total. The molecule has 2 heterocycles. The van der Waals surface area contributed by atoms with E-state index in [2.05, 4.69) is 9.80 Å². The SMILES string of the molecule is Fc1ccc(OCCCN2CCCN3CCC[C@@H]3C2)cc1. The molecule has 0 radical (unpaired) electrons. The van der Waals surface area contributed by atoms with E-state index in [0.29, 0.717) is 6.61 Å². The first kappa shape index (κ1) is 14.8. The largest absolute Gasteiger partial charge is 0.494 e. The van der Waals surface area contributed by atoms with Crippen LogP contribution in [0.1, 0.15) is 25.7 Å². The van der Waals surface area contributed by atoms with Gasteiger partial charge in [0.25, 0.3) is 0 Å². The number of hydrogen-bond acceptors (Lipinski definition) is 3. The highest BCUT2D eigenvalue weighted by Gasteiger charge is 2.28. The van der Waals surface area contributed by atoms with E-state index in [-0.39, 0.29) is 5.82 Å². The van der Waals surface area contributed by atoms with Gasteiger partial charge in [-0.1, -0.05) is 0 Å². The predicted molar refractivity (Wildman–Crippen MR) is 82.2 cm³/mol. The Bertz CT molecular complexity index is 437. The Balaban J connectivity index is 1.37. The molecule has 2 fully saturated rings. The highest BCUT2D eigenvalue weighted by molar-refractivity contribution is 5.21. The van der Waals surface area contributed by atoms with E-state index in [4.69, 9.17) is 4.74 Å². The zero-order valence-corrected chi connectivity index (χ0v) is 12.6. The lowest BCUT2D eigenvalue weighted by molar-refractivity contribution is 0.205. The van der Waals surface area contributed by atoms with Gasteiger partial charge in [0, 0.05) is 19.1 Å². The van der Waals surface area contributed by atoms with Gasteiger partial charge in [-0.05, 0) is 69.6 Å². The topological polar surface area (TPSA) is 15.7 Å². The lowest BCUT2D eigenvalue weighted by Crippen LogP contribution is -2.37. The molecule has 0 spiro atoms. The van der Waals surface area contributed by atoms with E-state index in [9.17, 15) is 4.39 Å². The maximum absolute atomic E-state index is 12.8. The Morgan fingerprint density at radius 2 is 1.90 bits per heavy atom. The Labute approximate surface area is 126 Å². The molecular formula is C17H25FN2O. The second kappa shape index (κ2) is 7.23. The second-order valence-electron chi connectivity index (χ2n) is 6.14. The van der Waals surface area contributed by atoms with Gasteiger partial charge in [-0.25, -0.2) is 4.39 Å². The fraction of sp³-hybridized carbons (Fsp3) is 0.647. The van der Waals surface area contributed by atoms with Gasteiger partial charge in [0.05, 0.1) is 6.61 Å². The van der Waals surface area contributed by atoms with Gasteiger partial charge >= 0.3 is 0 Å². The molecule has 116 valence electrons.